The minimum Gasteiger partial charge on any atom is -0.392 e. The van der Waals surface area contributed by atoms with E-state index in [1.54, 1.807) is 0 Å². The van der Waals surface area contributed by atoms with Crippen molar-refractivity contribution in [3.05, 3.63) is 369 Å². The van der Waals surface area contributed by atoms with Crippen LogP contribution in [0.15, 0.2) is 314 Å². The van der Waals surface area contributed by atoms with Gasteiger partial charge in [0.1, 0.15) is 0 Å². The molecule has 650 valence electrons. The third kappa shape index (κ3) is 26.7. The number of benzene rings is 8. The Bertz CT molecular complexity index is 4650. The fourth-order valence-electron chi connectivity index (χ4n) is 20.9. The smallest absolute Gasteiger partial charge is 0.0724 e. The van der Waals surface area contributed by atoms with E-state index in [-0.39, 0.29) is 48.1 Å². The van der Waals surface area contributed by atoms with E-state index in [0.717, 1.165) is 115 Å². The Morgan fingerprint density at radius 3 is 0.837 bits per heavy atom. The van der Waals surface area contributed by atoms with Gasteiger partial charge in [-0.1, -0.05) is 289 Å². The van der Waals surface area contributed by atoms with Gasteiger partial charge in [-0.3, -0.25) is 0 Å². The van der Waals surface area contributed by atoms with Crippen LogP contribution in [-0.2, 0) is 64.5 Å². The zero-order chi connectivity index (χ0) is 86.1. The second-order valence-corrected chi connectivity index (χ2v) is 37.1. The Morgan fingerprint density at radius 2 is 0.545 bits per heavy atom. The number of nitrogens with zero attached hydrogens (tertiary/aromatic N) is 2. The Hall–Kier alpha value is -9.12. The molecule has 0 radical (unpaired) electrons. The minimum atomic E-state index is -0.466. The van der Waals surface area contributed by atoms with Crippen LogP contribution in [0.4, 0.5) is 11.4 Å². The van der Waals surface area contributed by atoms with E-state index >= 15 is 0 Å². The molecule has 20 atom stereocenters. The summed E-state index contributed by atoms with van der Waals surface area (Å²) >= 11 is 0. The van der Waals surface area contributed by atoms with E-state index in [2.05, 4.69) is 232 Å². The average molecular weight is 1660 g/mol. The van der Waals surface area contributed by atoms with Crippen molar-refractivity contribution in [1.82, 2.24) is 0 Å². The Morgan fingerprint density at radius 1 is 0.293 bits per heavy atom. The van der Waals surface area contributed by atoms with Crippen molar-refractivity contribution in [2.45, 2.75) is 197 Å². The summed E-state index contributed by atoms with van der Waals surface area (Å²) in [5, 5.41) is 84.1. The highest BCUT2D eigenvalue weighted by molar-refractivity contribution is 5.50. The zero-order valence-electron chi connectivity index (χ0n) is 73.2. The lowest BCUT2D eigenvalue weighted by Crippen LogP contribution is -2.18. The number of rotatable bonds is 33. The monoisotopic (exact) mass is 1660 g/mol. The summed E-state index contributed by atoms with van der Waals surface area (Å²) in [6.45, 7) is 1.17. The minimum absolute atomic E-state index is 0.134. The predicted octanol–water partition coefficient (Wildman–Crippen LogP) is 18.3. The number of aliphatic hydroxyl groups is 8. The van der Waals surface area contributed by atoms with E-state index in [0.29, 0.717) is 86.1 Å². The molecule has 0 aliphatic heterocycles. The quantitative estimate of drug-likeness (QED) is 0.0174. The topological polar surface area (TPSA) is 220 Å². The predicted molar refractivity (Wildman–Crippen MR) is 504 cm³/mol. The fourth-order valence-corrected chi connectivity index (χ4v) is 20.9. The van der Waals surface area contributed by atoms with Crippen molar-refractivity contribution in [1.29, 1.82) is 0 Å². The average Bonchev–Trinajstić information content (AvgIpc) is 1.65. The van der Waals surface area contributed by atoms with Gasteiger partial charge >= 0.3 is 0 Å². The molecule has 8 aliphatic carbocycles. The van der Waals surface area contributed by atoms with Crippen molar-refractivity contribution in [3.8, 4) is 0 Å². The Kier molecular flexibility index (Phi) is 34.0. The van der Waals surface area contributed by atoms with Crippen LogP contribution in [0.25, 0.3) is 0 Å². The van der Waals surface area contributed by atoms with Gasteiger partial charge in [0.15, 0.2) is 0 Å². The number of hydrogen-bond donors (Lipinski definition) is 10. The third-order valence-electron chi connectivity index (χ3n) is 27.7. The van der Waals surface area contributed by atoms with Crippen LogP contribution < -0.4 is 21.3 Å². The van der Waals surface area contributed by atoms with Crippen molar-refractivity contribution >= 4 is 11.4 Å². The fraction of sp³-hybridized carbons (Fsp3) is 0.423. The molecule has 123 heavy (non-hydrogen) atoms. The molecule has 0 aromatic heterocycles. The summed E-state index contributed by atoms with van der Waals surface area (Å²) < 4.78 is 0. The number of anilines is 2. The van der Waals surface area contributed by atoms with Crippen LogP contribution in [0.3, 0.4) is 0 Å². The maximum atomic E-state index is 10.6. The zero-order valence-corrected chi connectivity index (χ0v) is 73.2. The van der Waals surface area contributed by atoms with E-state index in [1.807, 2.05) is 97.1 Å². The summed E-state index contributed by atoms with van der Waals surface area (Å²) in [7, 11) is 8.30. The summed E-state index contributed by atoms with van der Waals surface area (Å²) in [6, 6.07) is 75.8. The number of aliphatic hydroxyl groups excluding tert-OH is 8. The summed E-state index contributed by atoms with van der Waals surface area (Å²) in [6.07, 6.45) is 41.5. The maximum Gasteiger partial charge on any atom is 0.0724 e. The van der Waals surface area contributed by atoms with Gasteiger partial charge < -0.3 is 62.1 Å². The first kappa shape index (κ1) is 91.6. The molecule has 12 nitrogen and oxygen atoms in total. The van der Waals surface area contributed by atoms with E-state index < -0.39 is 24.4 Å². The number of fused-ring (bicyclic) bond motifs is 4. The van der Waals surface area contributed by atoms with Gasteiger partial charge in [0.05, 0.1) is 48.8 Å². The first-order valence-electron chi connectivity index (χ1n) is 45.9. The molecule has 0 bridgehead atoms. The van der Waals surface area contributed by atoms with Crippen molar-refractivity contribution < 1.29 is 40.9 Å². The molecule has 0 heterocycles. The van der Waals surface area contributed by atoms with Gasteiger partial charge in [0.2, 0.25) is 0 Å². The lowest BCUT2D eigenvalue weighted by atomic mass is 9.88. The molecule has 0 saturated heterocycles. The molecule has 0 spiro atoms. The SMILES string of the molecule is CN(C)c1cccc(CC2=CC3C[C@@H](O)[C@H](/C=C/[C@@H](O)CCc4ccccc4)[C@H]3C2)c1.CN(C)c1cccc(CC2=CC3C[C@@H](O)[C@H](/C=C/[C@H](O)CCc4ccccc4)[C@H]3C2)c1.NCc1ccc(CC2=CC3C[C@@H](O)[C@H](/C=C/[C@@H](O)CCc4ccccc4)[C@H]3C2)cc1.NCc1ccc(CCC2=CC3C[C@@H](O)[C@H](/C=C/[C@@H](O)CCc4ccccc4)[C@H]3C2)cc1. The number of nitrogens with two attached hydrogens (primary N) is 2. The van der Waals surface area contributed by atoms with Gasteiger partial charge in [0.25, 0.3) is 0 Å². The van der Waals surface area contributed by atoms with Gasteiger partial charge in [-0.25, -0.2) is 0 Å². The lowest BCUT2D eigenvalue weighted by Gasteiger charge is -2.19. The van der Waals surface area contributed by atoms with Gasteiger partial charge in [-0.2, -0.15) is 0 Å². The van der Waals surface area contributed by atoms with Gasteiger partial charge in [-0.05, 0) is 262 Å². The Balaban J connectivity index is 0.000000141. The van der Waals surface area contributed by atoms with Crippen LogP contribution >= 0.6 is 0 Å². The van der Waals surface area contributed by atoms with Crippen LogP contribution in [0.1, 0.15) is 139 Å². The maximum absolute atomic E-state index is 10.6. The van der Waals surface area contributed by atoms with Crippen LogP contribution in [0.2, 0.25) is 0 Å². The molecule has 4 unspecified atom stereocenters. The van der Waals surface area contributed by atoms with E-state index in [1.165, 1.54) is 83.7 Å². The van der Waals surface area contributed by atoms with Crippen LogP contribution in [0, 0.1) is 71.0 Å². The number of allylic oxidation sites excluding steroid dienone is 8. The van der Waals surface area contributed by atoms with E-state index in [4.69, 9.17) is 11.5 Å². The molecule has 12 heteroatoms. The van der Waals surface area contributed by atoms with E-state index in [9.17, 15) is 40.9 Å². The second-order valence-electron chi connectivity index (χ2n) is 37.1. The summed E-state index contributed by atoms with van der Waals surface area (Å²) in [5.41, 5.74) is 32.5. The molecule has 0 amide bonds. The normalized spacial score (nSPS) is 26.3. The number of hydrogen-bond acceptors (Lipinski definition) is 12. The third-order valence-corrected chi connectivity index (χ3v) is 27.7. The molecule has 8 aromatic carbocycles. The molecule has 4 fully saturated rings. The molecule has 4 saturated carbocycles. The molecular formula is C111H138N4O8. The second kappa shape index (κ2) is 45.7. The first-order chi connectivity index (χ1) is 59.7. The lowest BCUT2D eigenvalue weighted by molar-refractivity contribution is 0.139. The molecule has 8 aliphatic rings. The summed E-state index contributed by atoms with van der Waals surface area (Å²) in [4.78, 5) is 4.28. The largest absolute Gasteiger partial charge is 0.392 e. The molecule has 16 rings (SSSR count). The molecular weight excluding hydrogens is 1520 g/mol. The summed E-state index contributed by atoms with van der Waals surface area (Å²) in [5.74, 6) is 4.24. The Labute approximate surface area is 734 Å². The van der Waals surface area contributed by atoms with Crippen molar-refractivity contribution in [2.24, 2.45) is 82.5 Å². The number of aryl methyl sites for hydroxylation is 5. The van der Waals surface area contributed by atoms with Gasteiger partial charge in [-0.15, -0.1) is 0 Å². The standard InChI is InChI=1S/3C28H35NO2.C27H33NO2/c2*1-29(2)24-10-6-9-21(17-24)15-22-16-23-19-28(31)26(27(23)18-22)14-13-25(30)12-11-20-7-4-3-5-8-20;29-19-22-9-6-21(7-10-22)8-11-23-16-24-18-28(31)26(27(24)17-23)15-14-25(30)13-12-20-4-2-1-3-5-20;28-18-21-8-6-20(7-9-21)14-22-15-23-17-27(30)25(26(23)16-22)13-12-24(29)11-10-19-4-2-1-3-5-19/h2*3-10,13-14,16-17,23,25-28,30-31H,11-12,15,18-19H2,1-2H3;1-7,9-10,14-16,24-28,30-31H,8,11-13,17-19,29H2;1-9,12-13,15,23-27,29-30H,10-11,14,16-18,28H2/b2*14-13+;15-14+;13-12+/t23?,25-,26+,27-,28+;23?,25-,26-,27+,28-;24?,25-,26+,27-,28+;23?,24-,25+,26-,27+/m0100/s1. The highest BCUT2D eigenvalue weighted by Gasteiger charge is 2.47. The van der Waals surface area contributed by atoms with Crippen molar-refractivity contribution in [2.75, 3.05) is 38.0 Å². The van der Waals surface area contributed by atoms with Crippen LogP contribution in [-0.4, -0.2) is 118 Å². The highest BCUT2D eigenvalue weighted by atomic mass is 16.3. The van der Waals surface area contributed by atoms with Gasteiger partial charge in [0, 0.05) is 76.3 Å². The highest BCUT2D eigenvalue weighted by Crippen LogP contribution is 2.52. The van der Waals surface area contributed by atoms with Crippen LogP contribution in [0.5, 0.6) is 0 Å². The molecule has 12 N–H and O–H groups in total. The molecule has 8 aromatic rings. The van der Waals surface area contributed by atoms with Crippen molar-refractivity contribution in [3.63, 3.8) is 0 Å². The first-order valence-corrected chi connectivity index (χ1v) is 45.9.